The highest BCUT2D eigenvalue weighted by molar-refractivity contribution is 7.18. The number of para-hydroxylation sites is 1. The highest BCUT2D eigenvalue weighted by atomic mass is 32.1. The third-order valence-electron chi connectivity index (χ3n) is 4.12. The number of carbonyl (C=O) groups excluding carboxylic acids is 1. The van der Waals surface area contributed by atoms with E-state index in [0.29, 0.717) is 12.4 Å². The Hall–Kier alpha value is -3.38. The van der Waals surface area contributed by atoms with Crippen LogP contribution in [0.3, 0.4) is 0 Å². The molecule has 4 rings (SSSR count). The standard InChI is InChI=1S/C23H19NO4S/c25-23(28-15-22-24-20-8-4-5-9-21(20)29-22)16-27-19-12-10-18(11-13-19)26-14-17-6-2-1-3-7-17/h1-13H,14-16H2. The third kappa shape index (κ3) is 5.33. The van der Waals surface area contributed by atoms with Crippen LogP contribution >= 0.6 is 11.3 Å². The maximum absolute atomic E-state index is 11.9. The molecule has 0 spiro atoms. The smallest absolute Gasteiger partial charge is 0.344 e. The Balaban J connectivity index is 1.21. The highest BCUT2D eigenvalue weighted by Gasteiger charge is 2.08. The molecular weight excluding hydrogens is 386 g/mol. The van der Waals surface area contributed by atoms with Crippen molar-refractivity contribution in [1.82, 2.24) is 4.98 Å². The molecule has 29 heavy (non-hydrogen) atoms. The van der Waals surface area contributed by atoms with Crippen molar-refractivity contribution in [1.29, 1.82) is 0 Å². The topological polar surface area (TPSA) is 57.7 Å². The third-order valence-corrected chi connectivity index (χ3v) is 5.13. The number of fused-ring (bicyclic) bond motifs is 1. The second-order valence-electron chi connectivity index (χ2n) is 6.27. The summed E-state index contributed by atoms with van der Waals surface area (Å²) in [5.41, 5.74) is 2.01. The van der Waals surface area contributed by atoms with Gasteiger partial charge in [0.2, 0.25) is 0 Å². The van der Waals surface area contributed by atoms with Crippen LogP contribution in [-0.4, -0.2) is 17.6 Å². The number of hydrogen-bond acceptors (Lipinski definition) is 6. The van der Waals surface area contributed by atoms with Gasteiger partial charge in [0.1, 0.15) is 29.7 Å². The van der Waals surface area contributed by atoms with Gasteiger partial charge in [-0.3, -0.25) is 0 Å². The lowest BCUT2D eigenvalue weighted by Crippen LogP contribution is -2.14. The first-order chi connectivity index (χ1) is 14.3. The molecule has 5 nitrogen and oxygen atoms in total. The molecule has 1 aromatic heterocycles. The van der Waals surface area contributed by atoms with Gasteiger partial charge >= 0.3 is 5.97 Å². The van der Waals surface area contributed by atoms with Crippen LogP contribution in [0.2, 0.25) is 0 Å². The van der Waals surface area contributed by atoms with Crippen molar-refractivity contribution in [2.75, 3.05) is 6.61 Å². The fourth-order valence-corrected chi connectivity index (χ4v) is 3.56. The number of ether oxygens (including phenoxy) is 3. The molecular formula is C23H19NO4S. The zero-order valence-corrected chi connectivity index (χ0v) is 16.4. The molecule has 0 saturated heterocycles. The summed E-state index contributed by atoms with van der Waals surface area (Å²) >= 11 is 1.52. The molecule has 0 aliphatic heterocycles. The number of nitrogens with zero attached hydrogens (tertiary/aromatic N) is 1. The van der Waals surface area contributed by atoms with Crippen molar-refractivity contribution in [3.8, 4) is 11.5 Å². The number of thiazole rings is 1. The molecule has 6 heteroatoms. The largest absolute Gasteiger partial charge is 0.489 e. The zero-order chi connectivity index (χ0) is 19.9. The van der Waals surface area contributed by atoms with E-state index in [1.165, 1.54) is 11.3 Å². The van der Waals surface area contributed by atoms with Gasteiger partial charge in [-0.05, 0) is 42.0 Å². The van der Waals surface area contributed by atoms with E-state index in [1.54, 1.807) is 12.1 Å². The van der Waals surface area contributed by atoms with Crippen LogP contribution in [0.1, 0.15) is 10.6 Å². The average molecular weight is 405 g/mol. The van der Waals surface area contributed by atoms with E-state index in [1.807, 2.05) is 66.7 Å². The second-order valence-corrected chi connectivity index (χ2v) is 7.39. The zero-order valence-electron chi connectivity index (χ0n) is 15.6. The van der Waals surface area contributed by atoms with Gasteiger partial charge in [0, 0.05) is 0 Å². The van der Waals surface area contributed by atoms with Crippen molar-refractivity contribution in [3.05, 3.63) is 89.4 Å². The fourth-order valence-electron chi connectivity index (χ4n) is 2.68. The summed E-state index contributed by atoms with van der Waals surface area (Å²) in [5, 5.41) is 0.763. The number of aromatic nitrogens is 1. The molecule has 4 aromatic rings. The minimum absolute atomic E-state index is 0.147. The lowest BCUT2D eigenvalue weighted by molar-refractivity contribution is -0.147. The van der Waals surface area contributed by atoms with Crippen LogP contribution in [0.15, 0.2) is 78.9 Å². The van der Waals surface area contributed by atoms with Gasteiger partial charge in [-0.1, -0.05) is 42.5 Å². The van der Waals surface area contributed by atoms with Crippen LogP contribution < -0.4 is 9.47 Å². The summed E-state index contributed by atoms with van der Waals surface area (Å²) in [6, 6.07) is 24.9. The summed E-state index contributed by atoms with van der Waals surface area (Å²) in [5.74, 6) is 0.877. The number of esters is 1. The predicted molar refractivity (Wildman–Crippen MR) is 112 cm³/mol. The minimum Gasteiger partial charge on any atom is -0.489 e. The Morgan fingerprint density at radius 2 is 1.48 bits per heavy atom. The van der Waals surface area contributed by atoms with Gasteiger partial charge in [-0.25, -0.2) is 9.78 Å². The van der Waals surface area contributed by atoms with Crippen LogP contribution in [0, 0.1) is 0 Å². The molecule has 146 valence electrons. The van der Waals surface area contributed by atoms with E-state index in [-0.39, 0.29) is 13.2 Å². The number of hydrogen-bond donors (Lipinski definition) is 0. The molecule has 0 atom stereocenters. The van der Waals surface area contributed by atoms with Gasteiger partial charge in [-0.15, -0.1) is 11.3 Å². The summed E-state index contributed by atoms with van der Waals surface area (Å²) in [6.45, 7) is 0.488. The quantitative estimate of drug-likeness (QED) is 0.386. The fraction of sp³-hybridized carbons (Fsp3) is 0.130. The molecule has 1 heterocycles. The van der Waals surface area contributed by atoms with Gasteiger partial charge in [0.15, 0.2) is 6.61 Å². The first kappa shape index (κ1) is 19.0. The second kappa shape index (κ2) is 9.21. The molecule has 0 bridgehead atoms. The Bertz CT molecular complexity index is 1040. The van der Waals surface area contributed by atoms with E-state index in [4.69, 9.17) is 14.2 Å². The number of carbonyl (C=O) groups is 1. The lowest BCUT2D eigenvalue weighted by atomic mass is 10.2. The first-order valence-electron chi connectivity index (χ1n) is 9.16. The highest BCUT2D eigenvalue weighted by Crippen LogP contribution is 2.22. The molecule has 0 amide bonds. The van der Waals surface area contributed by atoms with Crippen molar-refractivity contribution in [3.63, 3.8) is 0 Å². The van der Waals surface area contributed by atoms with E-state index in [2.05, 4.69) is 4.98 Å². The summed E-state index contributed by atoms with van der Waals surface area (Å²) in [6.07, 6.45) is 0. The maximum Gasteiger partial charge on any atom is 0.344 e. The number of benzene rings is 3. The van der Waals surface area contributed by atoms with Crippen LogP contribution in [0.5, 0.6) is 11.5 Å². The molecule has 0 aliphatic rings. The van der Waals surface area contributed by atoms with E-state index in [0.717, 1.165) is 26.5 Å². The molecule has 0 aliphatic carbocycles. The summed E-state index contributed by atoms with van der Waals surface area (Å²) in [7, 11) is 0. The normalized spacial score (nSPS) is 10.6. The Morgan fingerprint density at radius 3 is 2.24 bits per heavy atom. The Morgan fingerprint density at radius 1 is 0.793 bits per heavy atom. The predicted octanol–water partition coefficient (Wildman–Crippen LogP) is 5.00. The van der Waals surface area contributed by atoms with E-state index < -0.39 is 5.97 Å². The van der Waals surface area contributed by atoms with Gasteiger partial charge in [0.05, 0.1) is 10.2 Å². The van der Waals surface area contributed by atoms with Crippen LogP contribution in [0.25, 0.3) is 10.2 Å². The number of rotatable bonds is 8. The maximum atomic E-state index is 11.9. The average Bonchev–Trinajstić information content (AvgIpc) is 3.19. The molecule has 0 saturated carbocycles. The summed E-state index contributed by atoms with van der Waals surface area (Å²) < 4.78 is 17.5. The molecule has 0 N–H and O–H groups in total. The molecule has 0 unspecified atom stereocenters. The van der Waals surface area contributed by atoms with Crippen molar-refractivity contribution < 1.29 is 19.0 Å². The lowest BCUT2D eigenvalue weighted by Gasteiger charge is -2.08. The van der Waals surface area contributed by atoms with Crippen molar-refractivity contribution in [2.45, 2.75) is 13.2 Å². The van der Waals surface area contributed by atoms with Crippen molar-refractivity contribution in [2.24, 2.45) is 0 Å². The van der Waals surface area contributed by atoms with Gasteiger partial charge in [-0.2, -0.15) is 0 Å². The van der Waals surface area contributed by atoms with Crippen LogP contribution in [-0.2, 0) is 22.7 Å². The molecule has 3 aromatic carbocycles. The van der Waals surface area contributed by atoms with Crippen molar-refractivity contribution >= 4 is 27.5 Å². The first-order valence-corrected chi connectivity index (χ1v) is 9.97. The SMILES string of the molecule is O=C(COc1ccc(OCc2ccccc2)cc1)OCc1nc2ccccc2s1. The Labute approximate surface area is 172 Å². The summed E-state index contributed by atoms with van der Waals surface area (Å²) in [4.78, 5) is 16.4. The van der Waals surface area contributed by atoms with Crippen LogP contribution in [0.4, 0.5) is 0 Å². The van der Waals surface area contributed by atoms with Gasteiger partial charge in [0.25, 0.3) is 0 Å². The van der Waals surface area contributed by atoms with E-state index in [9.17, 15) is 4.79 Å². The van der Waals surface area contributed by atoms with E-state index >= 15 is 0 Å². The molecule has 0 radical (unpaired) electrons. The molecule has 0 fully saturated rings. The monoisotopic (exact) mass is 405 g/mol. The van der Waals surface area contributed by atoms with Gasteiger partial charge < -0.3 is 14.2 Å². The minimum atomic E-state index is -0.436. The Kier molecular flexibility index (Phi) is 6.02.